The zero-order valence-electron chi connectivity index (χ0n) is 70.1. The van der Waals surface area contributed by atoms with Crippen LogP contribution in [0.2, 0.25) is 0 Å². The van der Waals surface area contributed by atoms with Crippen LogP contribution >= 0.6 is 0 Å². The van der Waals surface area contributed by atoms with Crippen LogP contribution in [0.1, 0.15) is 159 Å². The number of aromatic amines is 2. The second kappa shape index (κ2) is 50.3. The van der Waals surface area contributed by atoms with E-state index in [0.29, 0.717) is 40.6 Å². The van der Waals surface area contributed by atoms with E-state index in [1.807, 2.05) is 6.92 Å². The maximum absolute atomic E-state index is 15.7. The highest BCUT2D eigenvalue weighted by Crippen LogP contribution is 2.28. The number of amides is 14. The molecule has 3 saturated heterocycles. The van der Waals surface area contributed by atoms with Crippen molar-refractivity contribution in [3.63, 3.8) is 0 Å². The number of para-hydroxylation sites is 1. The van der Waals surface area contributed by atoms with Gasteiger partial charge >= 0.3 is 17.9 Å². The molecule has 4 aromatic rings. The molecule has 12 atom stereocenters. The molecule has 0 aliphatic carbocycles. The molecule has 12 unspecified atom stereocenters. The number of guanidine groups is 2. The van der Waals surface area contributed by atoms with Gasteiger partial charge in [0.15, 0.2) is 11.9 Å². The summed E-state index contributed by atoms with van der Waals surface area (Å²) in [6.45, 7) is 1.35. The lowest BCUT2D eigenvalue weighted by atomic mass is 10.0. The molecular formula is C81H118N24O20. The number of nitrogens with two attached hydrogens (primary N) is 3. The van der Waals surface area contributed by atoms with Gasteiger partial charge in [-0.2, -0.15) is 0 Å². The van der Waals surface area contributed by atoms with Crippen molar-refractivity contribution in [2.75, 3.05) is 52.4 Å². The number of carbonyl (C=O) groups excluding carboxylic acids is 14. The third-order valence-corrected chi connectivity index (χ3v) is 21.5. The number of unbranched alkanes of at least 4 members (excludes halogenated alkanes) is 2. The topological polar surface area (TPSA) is 687 Å². The van der Waals surface area contributed by atoms with E-state index in [4.69, 9.17) is 28.0 Å². The van der Waals surface area contributed by atoms with Gasteiger partial charge < -0.3 is 121 Å². The Morgan fingerprint density at radius 1 is 0.568 bits per heavy atom. The minimum absolute atomic E-state index is 0.0154. The highest BCUT2D eigenvalue weighted by molar-refractivity contribution is 6.01. The van der Waals surface area contributed by atoms with Gasteiger partial charge in [-0.1, -0.05) is 68.3 Å². The fraction of sp³-hybridized carbons (Fsp3) is 0.556. The zero-order chi connectivity index (χ0) is 91.2. The van der Waals surface area contributed by atoms with Crippen molar-refractivity contribution in [1.29, 1.82) is 10.8 Å². The molecule has 0 radical (unpaired) electrons. The summed E-state index contributed by atoms with van der Waals surface area (Å²) >= 11 is 0. The number of carbonyl (C=O) groups is 17. The number of rotatable bonds is 41. The molecule has 44 nitrogen and oxygen atoms in total. The van der Waals surface area contributed by atoms with E-state index in [-0.39, 0.29) is 161 Å². The molecule has 7 rings (SSSR count). The maximum Gasteiger partial charge on any atom is 0.317 e. The van der Waals surface area contributed by atoms with Gasteiger partial charge in [0.05, 0.1) is 19.4 Å². The number of hydrogen-bond acceptors (Lipinski definition) is 21. The number of primary amides is 1. The minimum Gasteiger partial charge on any atom is -0.481 e. The summed E-state index contributed by atoms with van der Waals surface area (Å²) in [5, 5.41) is 79.6. The van der Waals surface area contributed by atoms with Crippen molar-refractivity contribution >= 4 is 123 Å². The van der Waals surface area contributed by atoms with Gasteiger partial charge in [-0.3, -0.25) is 97.2 Å². The predicted octanol–water partition coefficient (Wildman–Crippen LogP) is -3.83. The van der Waals surface area contributed by atoms with E-state index in [9.17, 15) is 72.9 Å². The summed E-state index contributed by atoms with van der Waals surface area (Å²) in [4.78, 5) is 252. The first-order chi connectivity index (χ1) is 59.7. The van der Waals surface area contributed by atoms with E-state index in [1.54, 1.807) is 60.8 Å². The molecule has 5 heterocycles. The number of nitrogens with zero attached hydrogens (tertiary/aromatic N) is 4. The van der Waals surface area contributed by atoms with Gasteiger partial charge in [0.25, 0.3) is 0 Å². The van der Waals surface area contributed by atoms with Crippen molar-refractivity contribution in [3.05, 3.63) is 90.1 Å². The molecule has 125 heavy (non-hydrogen) atoms. The van der Waals surface area contributed by atoms with Crippen molar-refractivity contribution in [1.82, 2.24) is 98.8 Å². The lowest BCUT2D eigenvalue weighted by Gasteiger charge is -2.34. The lowest BCUT2D eigenvalue weighted by Crippen LogP contribution is -2.61. The maximum atomic E-state index is 15.7. The Kier molecular flexibility index (Phi) is 39.8. The number of nitrogens with one attached hydrogen (secondary N) is 17. The van der Waals surface area contributed by atoms with Gasteiger partial charge in [0.2, 0.25) is 82.7 Å². The van der Waals surface area contributed by atoms with Gasteiger partial charge in [0, 0.05) is 101 Å². The molecule has 2 aromatic heterocycles. The summed E-state index contributed by atoms with van der Waals surface area (Å²) in [5.41, 5.74) is 19.0. The fourth-order valence-electron chi connectivity index (χ4n) is 15.1. The minimum atomic E-state index is -1.75. The van der Waals surface area contributed by atoms with Gasteiger partial charge in [0.1, 0.15) is 72.5 Å². The number of aromatic nitrogens is 3. The van der Waals surface area contributed by atoms with Crippen molar-refractivity contribution < 1.29 is 96.8 Å². The second-order valence-electron chi connectivity index (χ2n) is 31.2. The van der Waals surface area contributed by atoms with Crippen LogP contribution in [-0.4, -0.2) is 282 Å². The van der Waals surface area contributed by atoms with E-state index in [2.05, 4.69) is 84.1 Å². The molecule has 14 amide bonds. The highest BCUT2D eigenvalue weighted by Gasteiger charge is 2.46. The van der Waals surface area contributed by atoms with Crippen molar-refractivity contribution in [2.24, 2.45) is 17.2 Å². The van der Waals surface area contributed by atoms with E-state index in [1.165, 1.54) is 22.3 Å². The van der Waals surface area contributed by atoms with Gasteiger partial charge in [-0.15, -0.1) is 0 Å². The fourth-order valence-corrected chi connectivity index (χ4v) is 15.1. The molecule has 3 aliphatic rings. The molecule has 2 aromatic carbocycles. The number of hydrogen-bond donors (Lipinski definition) is 23. The lowest BCUT2D eigenvalue weighted by molar-refractivity contribution is -0.148. The third-order valence-electron chi connectivity index (χ3n) is 21.5. The van der Waals surface area contributed by atoms with Gasteiger partial charge in [-0.05, 0) is 126 Å². The van der Waals surface area contributed by atoms with Crippen molar-refractivity contribution in [3.8, 4) is 0 Å². The third kappa shape index (κ3) is 32.8. The first-order valence-electron chi connectivity index (χ1n) is 42.0. The molecule has 26 N–H and O–H groups in total. The number of H-pyrrole nitrogens is 2. The largest absolute Gasteiger partial charge is 0.481 e. The Balaban J connectivity index is 1.19. The smallest absolute Gasteiger partial charge is 0.317 e. The Bertz CT molecular complexity index is 4420. The molecule has 3 fully saturated rings. The molecule has 682 valence electrons. The standard InChI is InChI=1S/C81H118N24O20/c1-3-4-20-52(68(82)114)94-69(115)53(22-10-11-35-103(43-66(110)111)44-67(112)113)95-73(119)57(29-31-65(108)109)97-70(116)55(24-13-34-90-81(85)86)98-77(123)62-26-15-36-104(62)79(125)63-27-16-37-105(63)78(124)58-25-14-32-88-64(107)30-28-56(93-46(2)106)72(118)102-61(40-49-42-87-45-92-49)76(122)100-59(38-47-17-6-5-7-18-47)74(120)96-54(23-12-33-89-80(83)84)71(117)101-60(75(121)99-58)39-48-41-91-51-21-9-8-19-50(48)51/h5-9,17-19,21,41-42,45,52-63,91H,3-4,10-16,20,22-40,43-44H2,1-2H3,(H2,82,114)(H,87,92)(H,88,107)(H,93,106)(H,94,115)(H,95,119)(H,96,120)(H,97,116)(H,98,123)(H,99,121)(H,100,122)(H,101,117)(H,102,118)(H,108,109)(H,110,111)(H,112,113)(H4,83,84,89)(H4,85,86,90). The molecule has 3 aliphatic heterocycles. The first-order valence-corrected chi connectivity index (χ1v) is 42.0. The van der Waals surface area contributed by atoms with Crippen molar-refractivity contribution in [2.45, 2.75) is 234 Å². The molecule has 44 heteroatoms. The Hall–Kier alpha value is -13.3. The Labute approximate surface area is 720 Å². The summed E-state index contributed by atoms with van der Waals surface area (Å²) in [7, 11) is 0. The number of fused-ring (bicyclic) bond motifs is 1. The SMILES string of the molecule is CCCCC(NC(=O)C(CCCCN(CC(=O)O)CC(=O)O)NC(=O)C(CCC(=O)O)NC(=O)C(CCCNC(=N)N)NC(=O)C1CCCN1C(=O)C1CCCN1C(=O)C1CCCNC(=O)CCC(NC(C)=O)C(=O)NC(Cc2cnc[nH]2)C(=O)NC(Cc2ccccc2)C(=O)NC(CCCNC(=N)N)C(=O)NC(Cc2c[nH]c3ccccc23)C(=O)N1)C(N)=O. The monoisotopic (exact) mass is 1750 g/mol. The number of carboxylic acids is 3. The summed E-state index contributed by atoms with van der Waals surface area (Å²) < 4.78 is 0. The van der Waals surface area contributed by atoms with Gasteiger partial charge in [-0.25, -0.2) is 4.98 Å². The summed E-state index contributed by atoms with van der Waals surface area (Å²) in [6.07, 6.45) is 2.72. The number of imidazole rings is 1. The van der Waals surface area contributed by atoms with Crippen LogP contribution in [0.15, 0.2) is 73.3 Å². The number of carboxylic acid groups (broad SMARTS) is 3. The van der Waals surface area contributed by atoms with Crippen LogP contribution in [0.3, 0.4) is 0 Å². The van der Waals surface area contributed by atoms with Crippen LogP contribution < -0.4 is 86.3 Å². The van der Waals surface area contributed by atoms with E-state index >= 15 is 24.0 Å². The summed E-state index contributed by atoms with van der Waals surface area (Å²) in [5.74, 6) is -17.0. The Morgan fingerprint density at radius 3 is 1.74 bits per heavy atom. The molecule has 0 bridgehead atoms. The molecule has 0 spiro atoms. The summed E-state index contributed by atoms with van der Waals surface area (Å²) in [6, 6.07) is -2.04. The van der Waals surface area contributed by atoms with E-state index < -0.39 is 211 Å². The average Bonchev–Trinajstić information content (AvgIpc) is 1.74. The van der Waals surface area contributed by atoms with Crippen LogP contribution in [0.25, 0.3) is 10.9 Å². The molecular weight excluding hydrogens is 1630 g/mol. The number of aliphatic carboxylic acids is 3. The zero-order valence-corrected chi connectivity index (χ0v) is 70.1. The Morgan fingerprint density at radius 2 is 1.12 bits per heavy atom. The van der Waals surface area contributed by atoms with Crippen LogP contribution in [0.5, 0.6) is 0 Å². The number of benzene rings is 2. The van der Waals surface area contributed by atoms with Crippen LogP contribution in [0.4, 0.5) is 0 Å². The number of likely N-dealkylation sites (tertiary alicyclic amines) is 2. The van der Waals surface area contributed by atoms with E-state index in [0.717, 1.165) is 11.8 Å². The highest BCUT2D eigenvalue weighted by atomic mass is 16.4. The van der Waals surface area contributed by atoms with Crippen LogP contribution in [0, 0.1) is 10.8 Å². The normalized spacial score (nSPS) is 20.4. The second-order valence-corrected chi connectivity index (χ2v) is 31.2. The quantitative estimate of drug-likeness (QED) is 0.0115. The first kappa shape index (κ1) is 98.8. The average molecular weight is 1750 g/mol. The van der Waals surface area contributed by atoms with Crippen LogP contribution in [-0.2, 0) is 101 Å². The molecule has 0 saturated carbocycles. The predicted molar refractivity (Wildman–Crippen MR) is 450 cm³/mol.